The topological polar surface area (TPSA) is 100 Å². The quantitative estimate of drug-likeness (QED) is 0.833. The summed E-state index contributed by atoms with van der Waals surface area (Å²) in [5.74, 6) is 0.962. The van der Waals surface area contributed by atoms with Crippen LogP contribution in [-0.4, -0.2) is 54.4 Å². The Morgan fingerprint density at radius 2 is 2.00 bits per heavy atom. The van der Waals surface area contributed by atoms with E-state index in [0.29, 0.717) is 43.0 Å². The normalized spacial score (nSPS) is 21.3. The zero-order valence-corrected chi connectivity index (χ0v) is 17.2. The van der Waals surface area contributed by atoms with E-state index in [0.717, 1.165) is 30.2 Å². The highest BCUT2D eigenvalue weighted by Crippen LogP contribution is 2.26. The molecule has 0 bridgehead atoms. The Kier molecular flexibility index (Phi) is 5.93. The Morgan fingerprint density at radius 1 is 1.23 bits per heavy atom. The van der Waals surface area contributed by atoms with Crippen LogP contribution in [0.25, 0.3) is 0 Å². The highest BCUT2D eigenvalue weighted by Gasteiger charge is 2.27. The minimum atomic E-state index is -0.233. The highest BCUT2D eigenvalue weighted by molar-refractivity contribution is 6.05. The first-order valence-electron chi connectivity index (χ1n) is 10.2. The van der Waals surface area contributed by atoms with E-state index >= 15 is 0 Å². The van der Waals surface area contributed by atoms with Crippen LogP contribution in [0.3, 0.4) is 0 Å². The lowest BCUT2D eigenvalue weighted by atomic mass is 10.0. The number of nitrogens with one attached hydrogen (secondary N) is 1. The summed E-state index contributed by atoms with van der Waals surface area (Å²) in [6, 6.07) is 7.15. The predicted molar refractivity (Wildman–Crippen MR) is 112 cm³/mol. The molecular weight excluding hydrogens is 382 g/mol. The maximum atomic E-state index is 13.2. The molecule has 0 spiro atoms. The fourth-order valence-corrected chi connectivity index (χ4v) is 3.99. The van der Waals surface area contributed by atoms with Gasteiger partial charge in [-0.05, 0) is 44.0 Å². The van der Waals surface area contributed by atoms with Crippen LogP contribution in [0.2, 0.25) is 0 Å². The number of carbonyl (C=O) groups is 1. The standard InChI is InChI=1S/C22H25N5O3/c1-14-12-27(13-15(2)30-14)21-9-18(17-5-7-29-8-6-19(17)25-21)22(28)26-20-4-3-16(10-23)11-24-20/h3-4,9,11,14-15H,5-8,12-13H2,1-2H3,(H,24,26,28)/t14-,15+. The molecule has 0 unspecified atom stereocenters. The van der Waals surface area contributed by atoms with Crippen LogP contribution in [0.5, 0.6) is 0 Å². The number of hydrogen-bond donors (Lipinski definition) is 1. The number of fused-ring (bicyclic) bond motifs is 1. The van der Waals surface area contributed by atoms with E-state index in [-0.39, 0.29) is 18.1 Å². The van der Waals surface area contributed by atoms with Gasteiger partial charge in [0.2, 0.25) is 0 Å². The highest BCUT2D eigenvalue weighted by atomic mass is 16.5. The van der Waals surface area contributed by atoms with E-state index in [9.17, 15) is 4.79 Å². The van der Waals surface area contributed by atoms with Crippen LogP contribution < -0.4 is 10.2 Å². The summed E-state index contributed by atoms with van der Waals surface area (Å²) in [5, 5.41) is 11.8. The lowest BCUT2D eigenvalue weighted by Crippen LogP contribution is -2.46. The van der Waals surface area contributed by atoms with Crippen molar-refractivity contribution in [3.8, 4) is 6.07 Å². The van der Waals surface area contributed by atoms with Crippen molar-refractivity contribution in [3.63, 3.8) is 0 Å². The molecule has 156 valence electrons. The molecule has 4 heterocycles. The number of morpholine rings is 1. The van der Waals surface area contributed by atoms with Gasteiger partial charge in [0.05, 0.1) is 31.0 Å². The Bertz CT molecular complexity index is 960. The second kappa shape index (κ2) is 8.78. The van der Waals surface area contributed by atoms with Crippen molar-refractivity contribution in [1.29, 1.82) is 5.26 Å². The summed E-state index contributed by atoms with van der Waals surface area (Å²) in [6.07, 6.45) is 2.95. The number of anilines is 2. The van der Waals surface area contributed by atoms with Gasteiger partial charge in [0.15, 0.2) is 0 Å². The van der Waals surface area contributed by atoms with Crippen molar-refractivity contribution < 1.29 is 14.3 Å². The molecule has 8 heteroatoms. The maximum Gasteiger partial charge on any atom is 0.257 e. The first kappa shape index (κ1) is 20.3. The summed E-state index contributed by atoms with van der Waals surface area (Å²) in [4.78, 5) is 24.4. The number of carbonyl (C=O) groups excluding carboxylic acids is 1. The van der Waals surface area contributed by atoms with Gasteiger partial charge in [-0.2, -0.15) is 5.26 Å². The smallest absolute Gasteiger partial charge is 0.257 e. The van der Waals surface area contributed by atoms with Crippen molar-refractivity contribution in [2.75, 3.05) is 36.5 Å². The third kappa shape index (κ3) is 4.42. The van der Waals surface area contributed by atoms with Crippen LogP contribution in [-0.2, 0) is 22.3 Å². The third-order valence-corrected chi connectivity index (χ3v) is 5.30. The largest absolute Gasteiger partial charge is 0.381 e. The van der Waals surface area contributed by atoms with Gasteiger partial charge in [-0.3, -0.25) is 4.79 Å². The van der Waals surface area contributed by atoms with Gasteiger partial charge in [-0.15, -0.1) is 0 Å². The van der Waals surface area contributed by atoms with Crippen molar-refractivity contribution in [2.24, 2.45) is 0 Å². The molecule has 30 heavy (non-hydrogen) atoms. The molecule has 0 radical (unpaired) electrons. The zero-order valence-electron chi connectivity index (χ0n) is 17.2. The molecule has 2 aliphatic heterocycles. The number of amides is 1. The predicted octanol–water partition coefficient (Wildman–Crippen LogP) is 2.33. The molecule has 1 N–H and O–H groups in total. The molecule has 2 atom stereocenters. The summed E-state index contributed by atoms with van der Waals surface area (Å²) >= 11 is 0. The van der Waals surface area contributed by atoms with E-state index in [4.69, 9.17) is 19.7 Å². The molecule has 1 saturated heterocycles. The summed E-state index contributed by atoms with van der Waals surface area (Å²) in [7, 11) is 0. The van der Waals surface area contributed by atoms with Gasteiger partial charge in [0.1, 0.15) is 17.7 Å². The maximum absolute atomic E-state index is 13.2. The van der Waals surface area contributed by atoms with Gasteiger partial charge in [-0.25, -0.2) is 9.97 Å². The number of pyridine rings is 2. The third-order valence-electron chi connectivity index (χ3n) is 5.30. The first-order valence-corrected chi connectivity index (χ1v) is 10.2. The zero-order chi connectivity index (χ0) is 21.1. The second-order valence-corrected chi connectivity index (χ2v) is 7.73. The number of nitriles is 1. The van der Waals surface area contributed by atoms with Crippen LogP contribution >= 0.6 is 0 Å². The molecule has 2 aliphatic rings. The van der Waals surface area contributed by atoms with Crippen LogP contribution in [0, 0.1) is 11.3 Å². The summed E-state index contributed by atoms with van der Waals surface area (Å²) in [5.41, 5.74) is 2.88. The van der Waals surface area contributed by atoms with E-state index in [1.165, 1.54) is 6.20 Å². The van der Waals surface area contributed by atoms with E-state index in [1.54, 1.807) is 12.1 Å². The fraction of sp³-hybridized carbons (Fsp3) is 0.455. The molecule has 0 aliphatic carbocycles. The van der Waals surface area contributed by atoms with Gasteiger partial charge in [-0.1, -0.05) is 0 Å². The van der Waals surface area contributed by atoms with Crippen LogP contribution in [0.15, 0.2) is 24.4 Å². The van der Waals surface area contributed by atoms with Gasteiger partial charge < -0.3 is 19.7 Å². The number of rotatable bonds is 3. The SMILES string of the molecule is C[C@@H]1CN(c2cc(C(=O)Nc3ccc(C#N)cn3)c3c(n2)CCOCC3)C[C@H](C)O1. The fourth-order valence-electron chi connectivity index (χ4n) is 3.99. The van der Waals surface area contributed by atoms with Gasteiger partial charge in [0, 0.05) is 37.0 Å². The van der Waals surface area contributed by atoms with E-state index < -0.39 is 0 Å². The number of hydrogen-bond acceptors (Lipinski definition) is 7. The molecule has 1 amide bonds. The Morgan fingerprint density at radius 3 is 2.70 bits per heavy atom. The van der Waals surface area contributed by atoms with Crippen LogP contribution in [0.4, 0.5) is 11.6 Å². The minimum Gasteiger partial charge on any atom is -0.381 e. The lowest BCUT2D eigenvalue weighted by molar-refractivity contribution is -0.00547. The van der Waals surface area contributed by atoms with Crippen LogP contribution in [0.1, 0.15) is 41.0 Å². The van der Waals surface area contributed by atoms with E-state index in [1.807, 2.05) is 26.0 Å². The molecule has 2 aromatic rings. The van der Waals surface area contributed by atoms with E-state index in [2.05, 4.69) is 15.2 Å². The molecule has 8 nitrogen and oxygen atoms in total. The second-order valence-electron chi connectivity index (χ2n) is 7.73. The molecule has 1 fully saturated rings. The van der Waals surface area contributed by atoms with Crippen molar-refractivity contribution in [3.05, 3.63) is 46.8 Å². The van der Waals surface area contributed by atoms with Gasteiger partial charge in [0.25, 0.3) is 5.91 Å². The molecule has 4 rings (SSSR count). The molecule has 0 aromatic carbocycles. The number of aromatic nitrogens is 2. The summed E-state index contributed by atoms with van der Waals surface area (Å²) in [6.45, 7) is 6.71. The first-order chi connectivity index (χ1) is 14.5. The van der Waals surface area contributed by atoms with Crippen molar-refractivity contribution >= 4 is 17.5 Å². The summed E-state index contributed by atoms with van der Waals surface area (Å²) < 4.78 is 11.5. The average Bonchev–Trinajstić information content (AvgIpc) is 2.98. The molecule has 0 saturated carbocycles. The number of ether oxygens (including phenoxy) is 2. The Labute approximate surface area is 175 Å². The van der Waals surface area contributed by atoms with Crippen molar-refractivity contribution in [2.45, 2.75) is 38.9 Å². The minimum absolute atomic E-state index is 0.0952. The van der Waals surface area contributed by atoms with Crippen molar-refractivity contribution in [1.82, 2.24) is 9.97 Å². The Balaban J connectivity index is 1.67. The monoisotopic (exact) mass is 407 g/mol. The lowest BCUT2D eigenvalue weighted by Gasteiger charge is -2.36. The number of nitrogens with zero attached hydrogens (tertiary/aromatic N) is 4. The average molecular weight is 407 g/mol. The Hall–Kier alpha value is -3.02. The van der Waals surface area contributed by atoms with Gasteiger partial charge >= 0.3 is 0 Å². The molecule has 2 aromatic heterocycles. The molecular formula is C22H25N5O3.